The number of ether oxygens (including phenoxy) is 2. The minimum absolute atomic E-state index is 0.0332. The molecule has 3 heteroatoms. The van der Waals surface area contributed by atoms with Gasteiger partial charge < -0.3 is 15.2 Å². The third-order valence-corrected chi connectivity index (χ3v) is 4.20. The summed E-state index contributed by atoms with van der Waals surface area (Å²) in [5.74, 6) is 2.41. The van der Waals surface area contributed by atoms with Crippen LogP contribution < -0.4 is 15.2 Å². The Balaban J connectivity index is 1.83. The van der Waals surface area contributed by atoms with Crippen LogP contribution >= 0.6 is 0 Å². The summed E-state index contributed by atoms with van der Waals surface area (Å²) in [7, 11) is 1.66. The van der Waals surface area contributed by atoms with Gasteiger partial charge >= 0.3 is 0 Å². The molecule has 0 spiro atoms. The van der Waals surface area contributed by atoms with Gasteiger partial charge in [-0.15, -0.1) is 0 Å². The smallest absolute Gasteiger partial charge is 0.161 e. The predicted octanol–water partition coefficient (Wildman–Crippen LogP) is 3.37. The highest BCUT2D eigenvalue weighted by molar-refractivity contribution is 5.39. The van der Waals surface area contributed by atoms with Gasteiger partial charge in [0.05, 0.1) is 13.7 Å². The summed E-state index contributed by atoms with van der Waals surface area (Å²) in [6, 6.07) is 7.75. The number of para-hydroxylation sites is 2. The van der Waals surface area contributed by atoms with Crippen molar-refractivity contribution in [3.8, 4) is 11.5 Å². The first kappa shape index (κ1) is 14.2. The van der Waals surface area contributed by atoms with Gasteiger partial charge in [0.15, 0.2) is 11.5 Å². The maximum absolute atomic E-state index is 6.44. The highest BCUT2D eigenvalue weighted by Gasteiger charge is 2.29. The minimum atomic E-state index is -0.0332. The van der Waals surface area contributed by atoms with E-state index in [0.29, 0.717) is 6.61 Å². The first-order chi connectivity index (χ1) is 9.13. The molecule has 1 aliphatic carbocycles. The van der Waals surface area contributed by atoms with Crippen molar-refractivity contribution in [3.63, 3.8) is 0 Å². The first-order valence-corrected chi connectivity index (χ1v) is 7.18. The lowest BCUT2D eigenvalue weighted by molar-refractivity contribution is 0.188. The normalized spacial score (nSPS) is 27.0. The van der Waals surface area contributed by atoms with Crippen molar-refractivity contribution in [2.45, 2.75) is 44.6 Å². The summed E-state index contributed by atoms with van der Waals surface area (Å²) < 4.78 is 11.1. The summed E-state index contributed by atoms with van der Waals surface area (Å²) in [6.07, 6.45) is 5.63. The van der Waals surface area contributed by atoms with Crippen molar-refractivity contribution >= 4 is 0 Å². The van der Waals surface area contributed by atoms with Crippen LogP contribution in [0.2, 0.25) is 0 Å². The van der Waals surface area contributed by atoms with E-state index in [1.165, 1.54) is 12.8 Å². The molecule has 1 fully saturated rings. The van der Waals surface area contributed by atoms with Crippen molar-refractivity contribution in [3.05, 3.63) is 24.3 Å². The number of methoxy groups -OCH3 is 1. The maximum Gasteiger partial charge on any atom is 0.161 e. The molecule has 106 valence electrons. The van der Waals surface area contributed by atoms with Crippen LogP contribution in [0.1, 0.15) is 39.0 Å². The Bertz CT molecular complexity index is 397. The van der Waals surface area contributed by atoms with E-state index in [1.807, 2.05) is 24.3 Å². The first-order valence-electron chi connectivity index (χ1n) is 7.18. The second kappa shape index (κ2) is 6.29. The van der Waals surface area contributed by atoms with Gasteiger partial charge in [-0.25, -0.2) is 0 Å². The zero-order chi connectivity index (χ0) is 13.7. The maximum atomic E-state index is 6.44. The SMILES string of the molecule is COc1ccccc1OCCC1(N)CCC(C)CC1. The number of rotatable bonds is 5. The molecule has 1 aromatic rings. The lowest BCUT2D eigenvalue weighted by Crippen LogP contribution is -2.44. The molecular formula is C16H25NO2. The Kier molecular flexibility index (Phi) is 4.70. The molecule has 0 radical (unpaired) electrons. The lowest BCUT2D eigenvalue weighted by atomic mass is 9.76. The Morgan fingerprint density at radius 1 is 1.21 bits per heavy atom. The van der Waals surface area contributed by atoms with E-state index in [-0.39, 0.29) is 5.54 Å². The Morgan fingerprint density at radius 3 is 2.47 bits per heavy atom. The minimum Gasteiger partial charge on any atom is -0.493 e. The van der Waals surface area contributed by atoms with E-state index in [9.17, 15) is 0 Å². The van der Waals surface area contributed by atoms with Crippen molar-refractivity contribution in [1.29, 1.82) is 0 Å². The van der Waals surface area contributed by atoms with Crippen LogP contribution in [-0.2, 0) is 0 Å². The summed E-state index contributed by atoms with van der Waals surface area (Å²) in [6.45, 7) is 2.97. The number of benzene rings is 1. The molecule has 0 aliphatic heterocycles. The molecule has 0 atom stereocenters. The van der Waals surface area contributed by atoms with Gasteiger partial charge in [-0.3, -0.25) is 0 Å². The molecule has 0 amide bonds. The number of hydrogen-bond acceptors (Lipinski definition) is 3. The highest BCUT2D eigenvalue weighted by Crippen LogP contribution is 2.33. The molecule has 3 nitrogen and oxygen atoms in total. The molecule has 0 heterocycles. The number of hydrogen-bond donors (Lipinski definition) is 1. The Hall–Kier alpha value is -1.22. The van der Waals surface area contributed by atoms with Crippen LogP contribution in [-0.4, -0.2) is 19.3 Å². The van der Waals surface area contributed by atoms with Gasteiger partial charge in [-0.05, 0) is 50.2 Å². The van der Waals surface area contributed by atoms with Gasteiger partial charge in [0.2, 0.25) is 0 Å². The quantitative estimate of drug-likeness (QED) is 0.885. The summed E-state index contributed by atoms with van der Waals surface area (Å²) in [5.41, 5.74) is 6.41. The largest absolute Gasteiger partial charge is 0.493 e. The molecule has 0 bridgehead atoms. The van der Waals surface area contributed by atoms with Gasteiger partial charge in [-0.1, -0.05) is 19.1 Å². The van der Waals surface area contributed by atoms with E-state index in [0.717, 1.165) is 36.7 Å². The molecule has 19 heavy (non-hydrogen) atoms. The molecule has 0 saturated heterocycles. The summed E-state index contributed by atoms with van der Waals surface area (Å²) in [5, 5.41) is 0. The summed E-state index contributed by atoms with van der Waals surface area (Å²) >= 11 is 0. The molecule has 0 unspecified atom stereocenters. The van der Waals surface area contributed by atoms with Crippen molar-refractivity contribution in [2.75, 3.05) is 13.7 Å². The third-order valence-electron chi connectivity index (χ3n) is 4.20. The fraction of sp³-hybridized carbons (Fsp3) is 0.625. The van der Waals surface area contributed by atoms with E-state index in [4.69, 9.17) is 15.2 Å². The van der Waals surface area contributed by atoms with Crippen LogP contribution in [0.5, 0.6) is 11.5 Å². The molecular weight excluding hydrogens is 238 g/mol. The zero-order valence-electron chi connectivity index (χ0n) is 12.0. The molecule has 1 aromatic carbocycles. The van der Waals surface area contributed by atoms with E-state index in [1.54, 1.807) is 7.11 Å². The average Bonchev–Trinajstić information content (AvgIpc) is 2.43. The molecule has 0 aromatic heterocycles. The van der Waals surface area contributed by atoms with Crippen LogP contribution in [0.25, 0.3) is 0 Å². The second-order valence-electron chi connectivity index (χ2n) is 5.79. The Morgan fingerprint density at radius 2 is 1.84 bits per heavy atom. The van der Waals surface area contributed by atoms with Gasteiger partial charge in [-0.2, -0.15) is 0 Å². The molecule has 1 saturated carbocycles. The molecule has 2 N–H and O–H groups in total. The summed E-state index contributed by atoms with van der Waals surface area (Å²) in [4.78, 5) is 0. The van der Waals surface area contributed by atoms with Gasteiger partial charge in [0.25, 0.3) is 0 Å². The molecule has 2 rings (SSSR count). The van der Waals surface area contributed by atoms with Crippen molar-refractivity contribution in [2.24, 2.45) is 11.7 Å². The van der Waals surface area contributed by atoms with Gasteiger partial charge in [0, 0.05) is 5.54 Å². The monoisotopic (exact) mass is 263 g/mol. The highest BCUT2D eigenvalue weighted by atomic mass is 16.5. The van der Waals surface area contributed by atoms with E-state index < -0.39 is 0 Å². The lowest BCUT2D eigenvalue weighted by Gasteiger charge is -2.36. The van der Waals surface area contributed by atoms with Crippen molar-refractivity contribution < 1.29 is 9.47 Å². The fourth-order valence-electron chi connectivity index (χ4n) is 2.69. The van der Waals surface area contributed by atoms with Crippen LogP contribution in [0.4, 0.5) is 0 Å². The standard InChI is InChI=1S/C16H25NO2/c1-13-7-9-16(17,10-8-13)11-12-19-15-6-4-3-5-14(15)18-2/h3-6,13H,7-12,17H2,1-2H3. The molecule has 1 aliphatic rings. The Labute approximate surface area is 116 Å². The average molecular weight is 263 g/mol. The third kappa shape index (κ3) is 3.87. The van der Waals surface area contributed by atoms with Crippen molar-refractivity contribution in [1.82, 2.24) is 0 Å². The van der Waals surface area contributed by atoms with Crippen LogP contribution in [0.3, 0.4) is 0 Å². The van der Waals surface area contributed by atoms with Gasteiger partial charge in [0.1, 0.15) is 0 Å². The second-order valence-corrected chi connectivity index (χ2v) is 5.79. The topological polar surface area (TPSA) is 44.5 Å². The van der Waals surface area contributed by atoms with E-state index in [2.05, 4.69) is 6.92 Å². The number of nitrogens with two attached hydrogens (primary N) is 1. The predicted molar refractivity (Wildman–Crippen MR) is 77.7 cm³/mol. The van der Waals surface area contributed by atoms with Crippen LogP contribution in [0.15, 0.2) is 24.3 Å². The zero-order valence-corrected chi connectivity index (χ0v) is 12.0. The van der Waals surface area contributed by atoms with E-state index >= 15 is 0 Å². The van der Waals surface area contributed by atoms with Crippen LogP contribution in [0, 0.1) is 5.92 Å². The fourth-order valence-corrected chi connectivity index (χ4v) is 2.69.